The van der Waals surface area contributed by atoms with Crippen LogP contribution in [-0.2, 0) is 18.9 Å². The van der Waals surface area contributed by atoms with Crippen molar-refractivity contribution in [3.63, 3.8) is 0 Å². The van der Waals surface area contributed by atoms with Gasteiger partial charge in [-0.1, -0.05) is 0 Å². The van der Waals surface area contributed by atoms with Crippen molar-refractivity contribution in [2.24, 2.45) is 0 Å². The average molecular weight is 787 g/mol. The molecule has 3 aliphatic rings. The smallest absolute Gasteiger partial charge is 0.229 e. The van der Waals surface area contributed by atoms with Crippen LogP contribution in [0.4, 0.5) is 0 Å². The molecule has 1 aromatic heterocycles. The topological polar surface area (TPSA) is 349 Å². The van der Waals surface area contributed by atoms with Gasteiger partial charge in [0, 0.05) is 17.7 Å². The summed E-state index contributed by atoms with van der Waals surface area (Å²) in [5, 5.41) is 134. The van der Waals surface area contributed by atoms with E-state index in [2.05, 4.69) is 0 Å². The zero-order chi connectivity index (χ0) is 40.0. The zero-order valence-corrected chi connectivity index (χ0v) is 28.7. The lowest BCUT2D eigenvalue weighted by Crippen LogP contribution is -2.62. The van der Waals surface area contributed by atoms with Crippen molar-refractivity contribution in [3.8, 4) is 34.3 Å². The molecule has 0 amide bonds. The molecular weight excluding hydrogens is 744 g/mol. The summed E-state index contributed by atoms with van der Waals surface area (Å²) in [4.78, 5) is 13.4. The van der Waals surface area contributed by atoms with E-state index in [4.69, 9.17) is 32.8 Å². The molecule has 0 bridgehead atoms. The fourth-order valence-corrected chi connectivity index (χ4v) is 6.66. The molecule has 2 aromatic carbocycles. The summed E-state index contributed by atoms with van der Waals surface area (Å²) >= 11 is 0. The Balaban J connectivity index is 1.21. The van der Waals surface area contributed by atoms with Crippen LogP contribution in [-0.4, -0.2) is 179 Å². The van der Waals surface area contributed by atoms with E-state index in [0.717, 1.165) is 12.1 Å². The van der Waals surface area contributed by atoms with E-state index in [-0.39, 0.29) is 39.4 Å². The maximum absolute atomic E-state index is 13.4. The van der Waals surface area contributed by atoms with Gasteiger partial charge in [-0.3, -0.25) is 4.79 Å². The van der Waals surface area contributed by atoms with Gasteiger partial charge in [0.25, 0.3) is 0 Å². The van der Waals surface area contributed by atoms with Gasteiger partial charge in [0.1, 0.15) is 108 Å². The highest BCUT2D eigenvalue weighted by molar-refractivity contribution is 5.88. The van der Waals surface area contributed by atoms with Crippen molar-refractivity contribution < 1.29 is 99.2 Å². The van der Waals surface area contributed by atoms with Crippen LogP contribution in [0.25, 0.3) is 22.3 Å². The minimum absolute atomic E-state index is 0.103. The summed E-state index contributed by atoms with van der Waals surface area (Å²) in [7, 11) is 1.20. The maximum Gasteiger partial charge on any atom is 0.229 e. The first kappa shape index (κ1) is 40.9. The standard InChI is InChI=1S/C34H42O21/c1-49-15-6-16-20(25(42)21(15)32-29(46)26(43)22(39)17(7-35)52-32)12(38)5-14(51-16)10-2-3-13(11(37)4-10)53-34-31(48)28(45)24(41)19(55-34)9-50-33-30(47)27(44)23(40)18(8-36)54-33/h2-6,17-19,22-24,26-37,39-48H,7-9H2,1H3/t17-,18+,19-,22+,23-,24+,26+,27+,28-,29-,30-,31+,32-,33+,34-/m1/s1. The van der Waals surface area contributed by atoms with E-state index >= 15 is 0 Å². The number of hydrogen-bond acceptors (Lipinski definition) is 21. The number of phenolic OH excluding ortho intramolecular Hbond substituents is 2. The summed E-state index contributed by atoms with van der Waals surface area (Å²) < 4.78 is 38.7. The van der Waals surface area contributed by atoms with E-state index in [1.54, 1.807) is 0 Å². The fourth-order valence-electron chi connectivity index (χ4n) is 6.66. The van der Waals surface area contributed by atoms with Crippen LogP contribution < -0.4 is 14.9 Å². The first-order valence-corrected chi connectivity index (χ1v) is 16.9. The molecule has 21 nitrogen and oxygen atoms in total. The van der Waals surface area contributed by atoms with Gasteiger partial charge in [-0.05, 0) is 18.2 Å². The predicted molar refractivity (Wildman–Crippen MR) is 178 cm³/mol. The first-order chi connectivity index (χ1) is 26.1. The van der Waals surface area contributed by atoms with Gasteiger partial charge in [-0.15, -0.1) is 0 Å². The molecule has 55 heavy (non-hydrogen) atoms. The minimum Gasteiger partial charge on any atom is -0.506 e. The molecule has 21 heteroatoms. The molecule has 304 valence electrons. The van der Waals surface area contributed by atoms with E-state index in [0.29, 0.717) is 0 Å². The third kappa shape index (κ3) is 7.58. The molecule has 0 aliphatic carbocycles. The van der Waals surface area contributed by atoms with Crippen LogP contribution in [0.3, 0.4) is 0 Å². The Morgan fingerprint density at radius 1 is 0.655 bits per heavy atom. The highest BCUT2D eigenvalue weighted by atomic mass is 16.7. The number of hydrogen-bond donors (Lipinski definition) is 13. The number of ether oxygens (including phenoxy) is 6. The molecule has 15 atom stereocenters. The summed E-state index contributed by atoms with van der Waals surface area (Å²) in [5.74, 6) is -1.91. The largest absolute Gasteiger partial charge is 0.506 e. The first-order valence-electron chi connectivity index (χ1n) is 16.9. The van der Waals surface area contributed by atoms with Crippen molar-refractivity contribution >= 4 is 11.0 Å². The minimum atomic E-state index is -1.87. The molecule has 3 saturated heterocycles. The Morgan fingerprint density at radius 2 is 1.24 bits per heavy atom. The van der Waals surface area contributed by atoms with Gasteiger partial charge >= 0.3 is 0 Å². The van der Waals surface area contributed by atoms with Crippen molar-refractivity contribution in [1.82, 2.24) is 0 Å². The molecule has 0 saturated carbocycles. The zero-order valence-electron chi connectivity index (χ0n) is 28.7. The van der Waals surface area contributed by atoms with E-state index in [9.17, 15) is 71.2 Å². The van der Waals surface area contributed by atoms with Crippen LogP contribution in [0.15, 0.2) is 39.5 Å². The molecular formula is C34H42O21. The lowest BCUT2D eigenvalue weighted by Gasteiger charge is -2.42. The van der Waals surface area contributed by atoms with Crippen molar-refractivity contribution in [3.05, 3.63) is 46.1 Å². The quantitative estimate of drug-likeness (QED) is 0.0919. The molecule has 13 N–H and O–H groups in total. The Kier molecular flexibility index (Phi) is 12.2. The maximum atomic E-state index is 13.4. The second-order valence-electron chi connectivity index (χ2n) is 13.3. The number of benzene rings is 2. The summed E-state index contributed by atoms with van der Waals surface area (Å²) in [6.45, 7) is -2.09. The third-order valence-corrected chi connectivity index (χ3v) is 9.82. The van der Waals surface area contributed by atoms with Gasteiger partial charge in [-0.25, -0.2) is 0 Å². The normalized spacial score (nSPS) is 36.8. The molecule has 3 aliphatic heterocycles. The molecule has 6 rings (SSSR count). The van der Waals surface area contributed by atoms with Crippen molar-refractivity contribution in [2.75, 3.05) is 26.9 Å². The number of methoxy groups -OCH3 is 1. The van der Waals surface area contributed by atoms with Gasteiger partial charge in [0.05, 0.1) is 32.5 Å². The SMILES string of the molecule is COc1cc2oc(-c3ccc(O[C@@H]4O[C@H](CO[C@H]5O[C@@H](CO)[C@@H](O)[C@H](O)[C@H]5O)[C@H](O)[C@@H](O)[C@@H]4O)c(O)c3)cc(=O)c2c(O)c1[C@H]1O[C@H](CO)[C@H](O)[C@H](O)[C@H]1O. The molecule has 3 fully saturated rings. The van der Waals surface area contributed by atoms with Gasteiger partial charge in [-0.2, -0.15) is 0 Å². The number of aliphatic hydroxyl groups excluding tert-OH is 11. The number of phenols is 2. The third-order valence-electron chi connectivity index (χ3n) is 9.82. The summed E-state index contributed by atoms with van der Waals surface area (Å²) in [6.07, 6.45) is -24.9. The van der Waals surface area contributed by atoms with Crippen LogP contribution in [0.2, 0.25) is 0 Å². The number of aromatic hydroxyl groups is 2. The molecule has 0 spiro atoms. The predicted octanol–water partition coefficient (Wildman–Crippen LogP) is -4.60. The number of fused-ring (bicyclic) bond motifs is 1. The summed E-state index contributed by atoms with van der Waals surface area (Å²) in [6, 6.07) is 5.82. The Labute approximate surface area is 309 Å². The average Bonchev–Trinajstić information content (AvgIpc) is 3.17. The highest BCUT2D eigenvalue weighted by Gasteiger charge is 2.49. The van der Waals surface area contributed by atoms with Crippen LogP contribution in [0, 0.1) is 0 Å². The highest BCUT2D eigenvalue weighted by Crippen LogP contribution is 2.45. The van der Waals surface area contributed by atoms with Gasteiger partial charge < -0.3 is 99.2 Å². The number of rotatable bonds is 10. The molecule has 0 unspecified atom stereocenters. The van der Waals surface area contributed by atoms with Crippen LogP contribution in [0.5, 0.6) is 23.0 Å². The molecule has 0 radical (unpaired) electrons. The van der Waals surface area contributed by atoms with Crippen molar-refractivity contribution in [2.45, 2.75) is 91.9 Å². The monoisotopic (exact) mass is 786 g/mol. The summed E-state index contributed by atoms with van der Waals surface area (Å²) in [5.41, 5.74) is -1.18. The number of aliphatic hydroxyl groups is 11. The fraction of sp³-hybridized carbons (Fsp3) is 0.559. The van der Waals surface area contributed by atoms with E-state index in [1.165, 1.54) is 25.3 Å². The van der Waals surface area contributed by atoms with Crippen LogP contribution >= 0.6 is 0 Å². The van der Waals surface area contributed by atoms with Gasteiger partial charge in [0.15, 0.2) is 23.2 Å². The molecule has 4 heterocycles. The van der Waals surface area contributed by atoms with Crippen LogP contribution in [0.1, 0.15) is 11.7 Å². The lowest BCUT2D eigenvalue weighted by atomic mass is 9.89. The van der Waals surface area contributed by atoms with Crippen molar-refractivity contribution in [1.29, 1.82) is 0 Å². The Bertz CT molecular complexity index is 1870. The lowest BCUT2D eigenvalue weighted by molar-refractivity contribution is -0.323. The molecule has 3 aromatic rings. The van der Waals surface area contributed by atoms with E-state index < -0.39 is 129 Å². The second-order valence-corrected chi connectivity index (χ2v) is 13.3. The van der Waals surface area contributed by atoms with Gasteiger partial charge in [0.2, 0.25) is 6.29 Å². The Hall–Kier alpha value is -3.75. The van der Waals surface area contributed by atoms with E-state index in [1.807, 2.05) is 0 Å². The second kappa shape index (κ2) is 16.4. The Morgan fingerprint density at radius 3 is 1.85 bits per heavy atom.